The Labute approximate surface area is 186 Å². The van der Waals surface area contributed by atoms with E-state index in [4.69, 9.17) is 14.2 Å². The van der Waals surface area contributed by atoms with Crippen molar-refractivity contribution in [3.8, 4) is 17.2 Å². The van der Waals surface area contributed by atoms with Crippen LogP contribution in [0.15, 0.2) is 67.0 Å². The van der Waals surface area contributed by atoms with Gasteiger partial charge in [-0.05, 0) is 55.5 Å². The number of benzene rings is 2. The van der Waals surface area contributed by atoms with Crippen molar-refractivity contribution in [1.82, 2.24) is 4.98 Å². The molecule has 1 heterocycles. The lowest BCUT2D eigenvalue weighted by molar-refractivity contribution is -0.142. The Kier molecular flexibility index (Phi) is 8.02. The summed E-state index contributed by atoms with van der Waals surface area (Å²) in [5.74, 6) is 0.741. The second-order valence-corrected chi connectivity index (χ2v) is 6.59. The number of carbonyl (C=O) groups excluding carboxylic acids is 2. The third kappa shape index (κ3) is 6.46. The van der Waals surface area contributed by atoms with Crippen LogP contribution in [-0.2, 0) is 16.1 Å². The van der Waals surface area contributed by atoms with Crippen LogP contribution in [0.1, 0.15) is 22.8 Å². The predicted octanol–water partition coefficient (Wildman–Crippen LogP) is 3.86. The Morgan fingerprint density at radius 3 is 2.47 bits per heavy atom. The molecule has 32 heavy (non-hydrogen) atoms. The van der Waals surface area contributed by atoms with Crippen LogP contribution in [-0.4, -0.2) is 37.2 Å². The molecule has 0 fully saturated rings. The molecule has 1 amide bonds. The molecule has 3 aromatic rings. The van der Waals surface area contributed by atoms with Gasteiger partial charge in [-0.15, -0.1) is 0 Å². The van der Waals surface area contributed by atoms with Crippen molar-refractivity contribution < 1.29 is 28.5 Å². The molecular weight excluding hydrogens is 412 g/mol. The Morgan fingerprint density at radius 2 is 1.78 bits per heavy atom. The van der Waals surface area contributed by atoms with Gasteiger partial charge in [0.05, 0.1) is 13.7 Å². The SMILES string of the molecule is CCOc1cc(C(=O)Nc2ccc(OCC(=O)OC)cc2)ccc1OCc1cccnc1. The number of amides is 1. The first-order chi connectivity index (χ1) is 15.6. The van der Waals surface area contributed by atoms with Crippen molar-refractivity contribution in [2.75, 3.05) is 25.6 Å². The molecule has 166 valence electrons. The molecule has 0 spiro atoms. The van der Waals surface area contributed by atoms with Crippen LogP contribution in [0.4, 0.5) is 5.69 Å². The molecule has 0 radical (unpaired) electrons. The summed E-state index contributed by atoms with van der Waals surface area (Å²) in [6, 6.07) is 15.4. The van der Waals surface area contributed by atoms with E-state index < -0.39 is 5.97 Å². The minimum atomic E-state index is -0.472. The fourth-order valence-electron chi connectivity index (χ4n) is 2.72. The Hall–Kier alpha value is -4.07. The van der Waals surface area contributed by atoms with Gasteiger partial charge in [0.2, 0.25) is 0 Å². The van der Waals surface area contributed by atoms with E-state index in [0.29, 0.717) is 41.7 Å². The largest absolute Gasteiger partial charge is 0.490 e. The van der Waals surface area contributed by atoms with Gasteiger partial charge in [0, 0.05) is 29.2 Å². The lowest BCUT2D eigenvalue weighted by atomic mass is 10.1. The molecule has 8 nitrogen and oxygen atoms in total. The van der Waals surface area contributed by atoms with Gasteiger partial charge >= 0.3 is 5.97 Å². The fourth-order valence-corrected chi connectivity index (χ4v) is 2.72. The van der Waals surface area contributed by atoms with Gasteiger partial charge in [0.15, 0.2) is 18.1 Å². The summed E-state index contributed by atoms with van der Waals surface area (Å²) in [7, 11) is 1.29. The molecule has 0 aliphatic heterocycles. The van der Waals surface area contributed by atoms with Gasteiger partial charge in [-0.25, -0.2) is 4.79 Å². The second-order valence-electron chi connectivity index (χ2n) is 6.59. The van der Waals surface area contributed by atoms with Crippen LogP contribution in [0.5, 0.6) is 17.2 Å². The lowest BCUT2D eigenvalue weighted by Crippen LogP contribution is -2.13. The number of carbonyl (C=O) groups is 2. The number of nitrogens with one attached hydrogen (secondary N) is 1. The van der Waals surface area contributed by atoms with Crippen molar-refractivity contribution in [2.45, 2.75) is 13.5 Å². The average Bonchev–Trinajstić information content (AvgIpc) is 2.83. The first-order valence-electron chi connectivity index (χ1n) is 9.98. The van der Waals surface area contributed by atoms with Gasteiger partial charge < -0.3 is 24.3 Å². The van der Waals surface area contributed by atoms with Crippen molar-refractivity contribution in [1.29, 1.82) is 0 Å². The Balaban J connectivity index is 1.64. The highest BCUT2D eigenvalue weighted by atomic mass is 16.6. The highest BCUT2D eigenvalue weighted by molar-refractivity contribution is 6.04. The zero-order chi connectivity index (χ0) is 22.8. The smallest absolute Gasteiger partial charge is 0.343 e. The molecule has 1 N–H and O–H groups in total. The van der Waals surface area contributed by atoms with E-state index in [0.717, 1.165) is 5.56 Å². The third-order valence-electron chi connectivity index (χ3n) is 4.32. The van der Waals surface area contributed by atoms with E-state index >= 15 is 0 Å². The summed E-state index contributed by atoms with van der Waals surface area (Å²) in [6.45, 7) is 2.45. The van der Waals surface area contributed by atoms with E-state index in [1.807, 2.05) is 19.1 Å². The van der Waals surface area contributed by atoms with Crippen LogP contribution in [0.3, 0.4) is 0 Å². The number of esters is 1. The predicted molar refractivity (Wildman–Crippen MR) is 118 cm³/mol. The minimum Gasteiger partial charge on any atom is -0.490 e. The topological polar surface area (TPSA) is 96.0 Å². The Bertz CT molecular complexity index is 1040. The highest BCUT2D eigenvalue weighted by Gasteiger charge is 2.13. The number of nitrogens with zero attached hydrogens (tertiary/aromatic N) is 1. The first-order valence-corrected chi connectivity index (χ1v) is 9.98. The molecule has 0 unspecified atom stereocenters. The standard InChI is InChI=1S/C24H24N2O6/c1-3-30-22-13-18(6-11-21(22)32-15-17-5-4-12-25-14-17)24(28)26-19-7-9-20(10-8-19)31-16-23(27)29-2/h4-14H,3,15-16H2,1-2H3,(H,26,28). The molecule has 2 aromatic carbocycles. The number of hydrogen-bond donors (Lipinski definition) is 1. The van der Waals surface area contributed by atoms with Crippen LogP contribution in [0, 0.1) is 0 Å². The highest BCUT2D eigenvalue weighted by Crippen LogP contribution is 2.29. The fraction of sp³-hybridized carbons (Fsp3) is 0.208. The summed E-state index contributed by atoms with van der Waals surface area (Å²) in [6.07, 6.45) is 3.43. The molecule has 0 aliphatic rings. The second kappa shape index (κ2) is 11.4. The van der Waals surface area contributed by atoms with Gasteiger partial charge in [-0.3, -0.25) is 9.78 Å². The van der Waals surface area contributed by atoms with Crippen molar-refractivity contribution in [2.24, 2.45) is 0 Å². The molecular formula is C24H24N2O6. The minimum absolute atomic E-state index is 0.183. The van der Waals surface area contributed by atoms with Crippen molar-refractivity contribution >= 4 is 17.6 Å². The molecule has 0 saturated carbocycles. The third-order valence-corrected chi connectivity index (χ3v) is 4.32. The molecule has 0 saturated heterocycles. The zero-order valence-electron chi connectivity index (χ0n) is 17.9. The molecule has 0 atom stereocenters. The van der Waals surface area contributed by atoms with Crippen molar-refractivity contribution in [3.05, 3.63) is 78.1 Å². The molecule has 1 aromatic heterocycles. The summed E-state index contributed by atoms with van der Waals surface area (Å²) < 4.78 is 21.3. The van der Waals surface area contributed by atoms with Gasteiger partial charge in [-0.1, -0.05) is 6.07 Å². The van der Waals surface area contributed by atoms with E-state index in [-0.39, 0.29) is 12.5 Å². The monoisotopic (exact) mass is 436 g/mol. The number of hydrogen-bond acceptors (Lipinski definition) is 7. The van der Waals surface area contributed by atoms with Crippen molar-refractivity contribution in [3.63, 3.8) is 0 Å². The van der Waals surface area contributed by atoms with E-state index in [1.165, 1.54) is 7.11 Å². The summed E-state index contributed by atoms with van der Waals surface area (Å²) in [5, 5.41) is 2.82. The maximum absolute atomic E-state index is 12.7. The molecule has 0 aliphatic carbocycles. The molecule has 3 rings (SSSR count). The van der Waals surface area contributed by atoms with Gasteiger partial charge in [0.25, 0.3) is 5.91 Å². The van der Waals surface area contributed by atoms with Crippen LogP contribution < -0.4 is 19.5 Å². The Morgan fingerprint density at radius 1 is 0.969 bits per heavy atom. The van der Waals surface area contributed by atoms with E-state index in [9.17, 15) is 9.59 Å². The number of ether oxygens (including phenoxy) is 4. The van der Waals surface area contributed by atoms with E-state index in [2.05, 4.69) is 15.0 Å². The quantitative estimate of drug-likeness (QED) is 0.482. The summed E-state index contributed by atoms with van der Waals surface area (Å²) in [5.41, 5.74) is 1.93. The van der Waals surface area contributed by atoms with Crippen LogP contribution in [0.2, 0.25) is 0 Å². The zero-order valence-corrected chi connectivity index (χ0v) is 17.9. The number of rotatable bonds is 10. The van der Waals surface area contributed by atoms with Gasteiger partial charge in [0.1, 0.15) is 12.4 Å². The maximum atomic E-state index is 12.7. The number of anilines is 1. The average molecular weight is 436 g/mol. The lowest BCUT2D eigenvalue weighted by Gasteiger charge is -2.14. The normalized spacial score (nSPS) is 10.2. The first kappa shape index (κ1) is 22.6. The molecule has 0 bridgehead atoms. The van der Waals surface area contributed by atoms with Gasteiger partial charge in [-0.2, -0.15) is 0 Å². The number of methoxy groups -OCH3 is 1. The molecule has 8 heteroatoms. The summed E-state index contributed by atoms with van der Waals surface area (Å²) in [4.78, 5) is 27.9. The number of aromatic nitrogens is 1. The number of pyridine rings is 1. The van der Waals surface area contributed by atoms with E-state index in [1.54, 1.807) is 54.9 Å². The summed E-state index contributed by atoms with van der Waals surface area (Å²) >= 11 is 0. The maximum Gasteiger partial charge on any atom is 0.343 e. The van der Waals surface area contributed by atoms with Crippen LogP contribution >= 0.6 is 0 Å². The van der Waals surface area contributed by atoms with Crippen LogP contribution in [0.25, 0.3) is 0 Å².